The van der Waals surface area contributed by atoms with Gasteiger partial charge in [-0.25, -0.2) is 4.39 Å². The van der Waals surface area contributed by atoms with E-state index in [1.807, 2.05) is 13.0 Å². The summed E-state index contributed by atoms with van der Waals surface area (Å²) in [4.78, 5) is 0. The number of rotatable bonds is 3. The molecule has 1 aromatic carbocycles. The lowest BCUT2D eigenvalue weighted by Gasteiger charge is -2.27. The topological polar surface area (TPSA) is 35.2 Å². The van der Waals surface area contributed by atoms with Gasteiger partial charge in [-0.2, -0.15) is 0 Å². The van der Waals surface area contributed by atoms with E-state index in [0.29, 0.717) is 11.7 Å². The van der Waals surface area contributed by atoms with Crippen molar-refractivity contribution in [1.29, 1.82) is 0 Å². The summed E-state index contributed by atoms with van der Waals surface area (Å²) in [5.41, 5.74) is 6.53. The van der Waals surface area contributed by atoms with Crippen LogP contribution < -0.4 is 10.5 Å². The van der Waals surface area contributed by atoms with E-state index in [1.165, 1.54) is 18.9 Å². The van der Waals surface area contributed by atoms with Gasteiger partial charge in [0.1, 0.15) is 0 Å². The van der Waals surface area contributed by atoms with E-state index < -0.39 is 0 Å². The number of nitrogens with two attached hydrogens (primary N) is 1. The standard InChI is InChI=1S/C15H22FNO/c1-10-4-3-5-13(8-10)18-15-7-6-12(11(2)17)9-14(15)16/h6-7,9-11,13H,3-5,8,17H2,1-2H3/t10?,11-,13?/m1/s1. The van der Waals surface area contributed by atoms with Crippen LogP contribution in [0.3, 0.4) is 0 Å². The van der Waals surface area contributed by atoms with Gasteiger partial charge in [-0.1, -0.05) is 19.4 Å². The van der Waals surface area contributed by atoms with Gasteiger partial charge in [-0.15, -0.1) is 0 Å². The molecular weight excluding hydrogens is 229 g/mol. The van der Waals surface area contributed by atoms with Crippen molar-refractivity contribution in [3.8, 4) is 5.75 Å². The Labute approximate surface area is 108 Å². The Balaban J connectivity index is 2.05. The van der Waals surface area contributed by atoms with Crippen LogP contribution in [0.15, 0.2) is 18.2 Å². The molecule has 0 spiro atoms. The number of benzene rings is 1. The van der Waals surface area contributed by atoms with Crippen molar-refractivity contribution in [2.24, 2.45) is 11.7 Å². The molecule has 0 aliphatic heterocycles. The molecule has 3 heteroatoms. The summed E-state index contributed by atoms with van der Waals surface area (Å²) in [5.74, 6) is 0.733. The van der Waals surface area contributed by atoms with Crippen LogP contribution in [-0.4, -0.2) is 6.10 Å². The smallest absolute Gasteiger partial charge is 0.165 e. The van der Waals surface area contributed by atoms with Crippen LogP contribution in [0.5, 0.6) is 5.75 Å². The molecule has 0 bridgehead atoms. The summed E-state index contributed by atoms with van der Waals surface area (Å²) in [5, 5.41) is 0. The van der Waals surface area contributed by atoms with Crippen LogP contribution in [0.25, 0.3) is 0 Å². The highest BCUT2D eigenvalue weighted by atomic mass is 19.1. The lowest BCUT2D eigenvalue weighted by atomic mass is 9.89. The summed E-state index contributed by atoms with van der Waals surface area (Å²) in [7, 11) is 0. The first-order valence-electron chi connectivity index (χ1n) is 6.78. The van der Waals surface area contributed by atoms with Gasteiger partial charge in [0, 0.05) is 6.04 Å². The molecule has 3 atom stereocenters. The highest BCUT2D eigenvalue weighted by Crippen LogP contribution is 2.29. The second kappa shape index (κ2) is 5.70. The summed E-state index contributed by atoms with van der Waals surface area (Å²) < 4.78 is 19.7. The molecule has 2 N–H and O–H groups in total. The molecular formula is C15H22FNO. The highest BCUT2D eigenvalue weighted by molar-refractivity contribution is 5.30. The minimum Gasteiger partial charge on any atom is -0.487 e. The third-order valence-electron chi connectivity index (χ3n) is 3.66. The van der Waals surface area contributed by atoms with Gasteiger partial charge >= 0.3 is 0 Å². The minimum atomic E-state index is -0.303. The van der Waals surface area contributed by atoms with Gasteiger partial charge in [0.25, 0.3) is 0 Å². The van der Waals surface area contributed by atoms with Crippen molar-refractivity contribution in [3.05, 3.63) is 29.6 Å². The molecule has 100 valence electrons. The molecule has 0 heterocycles. The zero-order valence-corrected chi connectivity index (χ0v) is 11.2. The molecule has 0 saturated heterocycles. The Morgan fingerprint density at radius 3 is 2.78 bits per heavy atom. The van der Waals surface area contributed by atoms with Crippen molar-refractivity contribution in [3.63, 3.8) is 0 Å². The first-order valence-corrected chi connectivity index (χ1v) is 6.78. The molecule has 1 aliphatic rings. The largest absolute Gasteiger partial charge is 0.487 e. The summed E-state index contributed by atoms with van der Waals surface area (Å²) in [6, 6.07) is 4.87. The van der Waals surface area contributed by atoms with Crippen LogP contribution in [-0.2, 0) is 0 Å². The fourth-order valence-corrected chi connectivity index (χ4v) is 2.56. The quantitative estimate of drug-likeness (QED) is 0.886. The van der Waals surface area contributed by atoms with Crippen LogP contribution >= 0.6 is 0 Å². The Hall–Kier alpha value is -1.09. The predicted molar refractivity (Wildman–Crippen MR) is 71.1 cm³/mol. The van der Waals surface area contributed by atoms with Crippen LogP contribution in [0, 0.1) is 11.7 Å². The molecule has 1 fully saturated rings. The molecule has 0 radical (unpaired) electrons. The fraction of sp³-hybridized carbons (Fsp3) is 0.600. The monoisotopic (exact) mass is 251 g/mol. The van der Waals surface area contributed by atoms with E-state index >= 15 is 0 Å². The normalized spacial score (nSPS) is 25.8. The first kappa shape index (κ1) is 13.3. The lowest BCUT2D eigenvalue weighted by molar-refractivity contribution is 0.124. The van der Waals surface area contributed by atoms with Crippen LogP contribution in [0.4, 0.5) is 4.39 Å². The Morgan fingerprint density at radius 2 is 2.17 bits per heavy atom. The lowest BCUT2D eigenvalue weighted by Crippen LogP contribution is -2.24. The Morgan fingerprint density at radius 1 is 1.39 bits per heavy atom. The van der Waals surface area contributed by atoms with Crippen LogP contribution in [0.2, 0.25) is 0 Å². The van der Waals surface area contributed by atoms with Gasteiger partial charge in [0.05, 0.1) is 6.10 Å². The first-order chi connectivity index (χ1) is 8.56. The van der Waals surface area contributed by atoms with Crippen molar-refractivity contribution in [1.82, 2.24) is 0 Å². The Bertz CT molecular complexity index is 405. The molecule has 2 unspecified atom stereocenters. The average molecular weight is 251 g/mol. The Kier molecular flexibility index (Phi) is 4.23. The highest BCUT2D eigenvalue weighted by Gasteiger charge is 2.21. The van der Waals surface area contributed by atoms with Gasteiger partial charge < -0.3 is 10.5 Å². The zero-order chi connectivity index (χ0) is 13.1. The van der Waals surface area contributed by atoms with Gasteiger partial charge in [0.15, 0.2) is 11.6 Å². The molecule has 18 heavy (non-hydrogen) atoms. The summed E-state index contributed by atoms with van der Waals surface area (Å²) in [6.45, 7) is 4.07. The minimum absolute atomic E-state index is 0.150. The second-order valence-electron chi connectivity index (χ2n) is 5.49. The van der Waals surface area contributed by atoms with E-state index in [9.17, 15) is 4.39 Å². The van der Waals surface area contributed by atoms with E-state index in [2.05, 4.69) is 6.92 Å². The third kappa shape index (κ3) is 3.22. The summed E-state index contributed by atoms with van der Waals surface area (Å²) in [6.07, 6.45) is 4.63. The number of hydrogen-bond donors (Lipinski definition) is 1. The number of hydrogen-bond acceptors (Lipinski definition) is 2. The van der Waals surface area contributed by atoms with E-state index in [4.69, 9.17) is 10.5 Å². The molecule has 0 amide bonds. The maximum absolute atomic E-state index is 13.9. The van der Waals surface area contributed by atoms with Crippen molar-refractivity contribution >= 4 is 0 Å². The second-order valence-corrected chi connectivity index (χ2v) is 5.49. The van der Waals surface area contributed by atoms with Gasteiger partial charge in [-0.3, -0.25) is 0 Å². The van der Waals surface area contributed by atoms with E-state index in [-0.39, 0.29) is 18.0 Å². The molecule has 1 aliphatic carbocycles. The van der Waals surface area contributed by atoms with E-state index in [1.54, 1.807) is 6.07 Å². The average Bonchev–Trinajstić information content (AvgIpc) is 2.31. The fourth-order valence-electron chi connectivity index (χ4n) is 2.56. The van der Waals surface area contributed by atoms with Crippen molar-refractivity contribution in [2.75, 3.05) is 0 Å². The maximum atomic E-state index is 13.9. The third-order valence-corrected chi connectivity index (χ3v) is 3.66. The van der Waals surface area contributed by atoms with Crippen molar-refractivity contribution < 1.29 is 9.13 Å². The van der Waals surface area contributed by atoms with E-state index in [0.717, 1.165) is 18.4 Å². The van der Waals surface area contributed by atoms with Crippen molar-refractivity contribution in [2.45, 2.75) is 51.7 Å². The molecule has 1 aromatic rings. The number of halogens is 1. The summed E-state index contributed by atoms with van der Waals surface area (Å²) >= 11 is 0. The van der Waals surface area contributed by atoms with Gasteiger partial charge in [-0.05, 0) is 49.8 Å². The molecule has 2 rings (SSSR count). The maximum Gasteiger partial charge on any atom is 0.165 e. The van der Waals surface area contributed by atoms with Gasteiger partial charge in [0.2, 0.25) is 0 Å². The molecule has 2 nitrogen and oxygen atoms in total. The molecule has 0 aromatic heterocycles. The zero-order valence-electron chi connectivity index (χ0n) is 11.2. The van der Waals surface area contributed by atoms with Crippen LogP contribution in [0.1, 0.15) is 51.1 Å². The molecule has 1 saturated carbocycles. The number of ether oxygens (including phenoxy) is 1. The predicted octanol–water partition coefficient (Wildman–Crippen LogP) is 3.80. The SMILES string of the molecule is CC1CCCC(Oc2ccc([C@@H](C)N)cc2F)C1.